The first-order valence-electron chi connectivity index (χ1n) is 5.80. The van der Waals surface area contributed by atoms with Crippen LogP contribution in [-0.4, -0.2) is 24.4 Å². The van der Waals surface area contributed by atoms with Crippen molar-refractivity contribution in [3.8, 4) is 0 Å². The number of aryl methyl sites for hydroxylation is 1. The van der Waals surface area contributed by atoms with Crippen molar-refractivity contribution in [2.24, 2.45) is 0 Å². The number of nitrogens with one attached hydrogen (secondary N) is 2. The van der Waals surface area contributed by atoms with Gasteiger partial charge in [-0.2, -0.15) is 0 Å². The minimum absolute atomic E-state index is 0.181. The Morgan fingerprint density at radius 2 is 2.06 bits per heavy atom. The lowest BCUT2D eigenvalue weighted by molar-refractivity contribution is -0.122. The van der Waals surface area contributed by atoms with E-state index in [1.54, 1.807) is 19.1 Å². The standard InChI is InChI=1S/C13H17BrN2O2/c1-4-15-12(17)9(3)16-13(18)10-5-6-11(14)8(2)7-10/h5-7,9H,4H2,1-3H3,(H,15,17)(H,16,18). The zero-order valence-electron chi connectivity index (χ0n) is 10.7. The van der Waals surface area contributed by atoms with Crippen molar-refractivity contribution in [3.05, 3.63) is 33.8 Å². The van der Waals surface area contributed by atoms with E-state index in [-0.39, 0.29) is 11.8 Å². The fourth-order valence-electron chi connectivity index (χ4n) is 1.46. The van der Waals surface area contributed by atoms with Crippen molar-refractivity contribution >= 4 is 27.7 Å². The monoisotopic (exact) mass is 312 g/mol. The molecule has 0 fully saturated rings. The molecule has 0 saturated carbocycles. The van der Waals surface area contributed by atoms with E-state index < -0.39 is 6.04 Å². The van der Waals surface area contributed by atoms with Crippen LogP contribution in [-0.2, 0) is 4.79 Å². The van der Waals surface area contributed by atoms with Crippen molar-refractivity contribution in [1.82, 2.24) is 10.6 Å². The summed E-state index contributed by atoms with van der Waals surface area (Å²) in [5.74, 6) is -0.427. The zero-order valence-corrected chi connectivity index (χ0v) is 12.3. The minimum atomic E-state index is -0.540. The highest BCUT2D eigenvalue weighted by atomic mass is 79.9. The highest BCUT2D eigenvalue weighted by molar-refractivity contribution is 9.10. The lowest BCUT2D eigenvalue weighted by atomic mass is 10.1. The molecule has 1 aromatic rings. The molecule has 2 amide bonds. The molecule has 5 heteroatoms. The third-order valence-electron chi connectivity index (χ3n) is 2.51. The van der Waals surface area contributed by atoms with Crippen molar-refractivity contribution in [2.45, 2.75) is 26.8 Å². The number of likely N-dealkylation sites (N-methyl/N-ethyl adjacent to an activating group) is 1. The Kier molecular flexibility index (Phi) is 5.34. The van der Waals surface area contributed by atoms with Crippen LogP contribution in [0.4, 0.5) is 0 Å². The largest absolute Gasteiger partial charge is 0.355 e. The molecule has 0 spiro atoms. The van der Waals surface area contributed by atoms with Crippen LogP contribution in [0, 0.1) is 6.92 Å². The summed E-state index contributed by atoms with van der Waals surface area (Å²) in [5.41, 5.74) is 1.53. The lowest BCUT2D eigenvalue weighted by Crippen LogP contribution is -2.44. The van der Waals surface area contributed by atoms with E-state index in [0.29, 0.717) is 12.1 Å². The van der Waals surface area contributed by atoms with Crippen molar-refractivity contribution < 1.29 is 9.59 Å². The second-order valence-corrected chi connectivity index (χ2v) is 4.91. The van der Waals surface area contributed by atoms with Gasteiger partial charge in [-0.05, 0) is 44.5 Å². The number of halogens is 1. The number of carbonyl (C=O) groups is 2. The topological polar surface area (TPSA) is 58.2 Å². The summed E-state index contributed by atoms with van der Waals surface area (Å²) < 4.78 is 0.954. The van der Waals surface area contributed by atoms with Crippen LogP contribution in [0.15, 0.2) is 22.7 Å². The maximum atomic E-state index is 11.9. The summed E-state index contributed by atoms with van der Waals surface area (Å²) in [5, 5.41) is 5.32. The molecule has 1 unspecified atom stereocenters. The Morgan fingerprint density at radius 1 is 1.39 bits per heavy atom. The predicted octanol–water partition coefficient (Wildman–Crippen LogP) is 2.01. The van der Waals surface area contributed by atoms with Gasteiger partial charge in [0.05, 0.1) is 0 Å². The second-order valence-electron chi connectivity index (χ2n) is 4.05. The molecule has 0 aliphatic heterocycles. The third-order valence-corrected chi connectivity index (χ3v) is 3.40. The Morgan fingerprint density at radius 3 is 2.61 bits per heavy atom. The molecule has 4 nitrogen and oxygen atoms in total. The van der Waals surface area contributed by atoms with Crippen molar-refractivity contribution in [2.75, 3.05) is 6.54 Å². The third kappa shape index (κ3) is 3.84. The van der Waals surface area contributed by atoms with Crippen LogP contribution >= 0.6 is 15.9 Å². The first kappa shape index (κ1) is 14.7. The molecular formula is C13H17BrN2O2. The number of benzene rings is 1. The van der Waals surface area contributed by atoms with Gasteiger partial charge in [0.15, 0.2) is 0 Å². The van der Waals surface area contributed by atoms with E-state index in [9.17, 15) is 9.59 Å². The summed E-state index contributed by atoms with van der Waals surface area (Å²) in [6.45, 7) is 5.96. The SMILES string of the molecule is CCNC(=O)C(C)NC(=O)c1ccc(Br)c(C)c1. The van der Waals surface area contributed by atoms with E-state index in [2.05, 4.69) is 26.6 Å². The molecule has 1 atom stereocenters. The minimum Gasteiger partial charge on any atom is -0.355 e. The summed E-state index contributed by atoms with van der Waals surface area (Å²) in [6, 6.07) is 4.78. The quantitative estimate of drug-likeness (QED) is 0.893. The van der Waals surface area contributed by atoms with E-state index >= 15 is 0 Å². The van der Waals surface area contributed by atoms with Crippen LogP contribution in [0.5, 0.6) is 0 Å². The molecule has 1 aromatic carbocycles. The van der Waals surface area contributed by atoms with Gasteiger partial charge in [0.25, 0.3) is 5.91 Å². The summed E-state index contributed by atoms with van der Waals surface area (Å²) in [7, 11) is 0. The maximum absolute atomic E-state index is 11.9. The molecule has 0 bridgehead atoms. The molecule has 0 heterocycles. The Hall–Kier alpha value is -1.36. The molecular weight excluding hydrogens is 296 g/mol. The van der Waals surface area contributed by atoms with Crippen LogP contribution < -0.4 is 10.6 Å². The molecule has 0 aromatic heterocycles. The van der Waals surface area contributed by atoms with E-state index in [4.69, 9.17) is 0 Å². The van der Waals surface area contributed by atoms with Gasteiger partial charge in [-0.3, -0.25) is 9.59 Å². The normalized spacial score (nSPS) is 11.8. The van der Waals surface area contributed by atoms with Crippen molar-refractivity contribution in [3.63, 3.8) is 0 Å². The zero-order chi connectivity index (χ0) is 13.7. The van der Waals surface area contributed by atoms with Gasteiger partial charge < -0.3 is 10.6 Å². The fraction of sp³-hybridized carbons (Fsp3) is 0.385. The van der Waals surface area contributed by atoms with E-state index in [1.165, 1.54) is 0 Å². The van der Waals surface area contributed by atoms with Gasteiger partial charge in [-0.25, -0.2) is 0 Å². The molecule has 0 aliphatic rings. The Balaban J connectivity index is 2.70. The average molecular weight is 313 g/mol. The van der Waals surface area contributed by atoms with E-state index in [0.717, 1.165) is 10.0 Å². The Labute approximate surface area is 115 Å². The highest BCUT2D eigenvalue weighted by Crippen LogP contribution is 2.17. The molecule has 98 valence electrons. The molecule has 0 radical (unpaired) electrons. The van der Waals surface area contributed by atoms with Crippen LogP contribution in [0.25, 0.3) is 0 Å². The number of carbonyl (C=O) groups excluding carboxylic acids is 2. The number of hydrogen-bond donors (Lipinski definition) is 2. The smallest absolute Gasteiger partial charge is 0.251 e. The van der Waals surface area contributed by atoms with Gasteiger partial charge in [0.1, 0.15) is 6.04 Å². The molecule has 2 N–H and O–H groups in total. The second kappa shape index (κ2) is 6.54. The summed E-state index contributed by atoms with van der Waals surface area (Å²) in [6.07, 6.45) is 0. The van der Waals surface area contributed by atoms with Crippen LogP contribution in [0.2, 0.25) is 0 Å². The number of amides is 2. The average Bonchev–Trinajstić information content (AvgIpc) is 2.32. The summed E-state index contributed by atoms with van der Waals surface area (Å²) in [4.78, 5) is 23.4. The molecule has 0 saturated heterocycles. The van der Waals surface area contributed by atoms with Gasteiger partial charge in [-0.15, -0.1) is 0 Å². The lowest BCUT2D eigenvalue weighted by Gasteiger charge is -2.13. The van der Waals surface area contributed by atoms with Gasteiger partial charge in [0, 0.05) is 16.6 Å². The van der Waals surface area contributed by atoms with Crippen LogP contribution in [0.3, 0.4) is 0 Å². The fourth-order valence-corrected chi connectivity index (χ4v) is 1.71. The Bertz CT molecular complexity index is 460. The highest BCUT2D eigenvalue weighted by Gasteiger charge is 2.15. The van der Waals surface area contributed by atoms with Gasteiger partial charge >= 0.3 is 0 Å². The predicted molar refractivity (Wildman–Crippen MR) is 74.5 cm³/mol. The molecule has 1 rings (SSSR count). The molecule has 18 heavy (non-hydrogen) atoms. The molecule has 0 aliphatic carbocycles. The van der Waals surface area contributed by atoms with E-state index in [1.807, 2.05) is 19.9 Å². The van der Waals surface area contributed by atoms with Gasteiger partial charge in [0.2, 0.25) is 5.91 Å². The maximum Gasteiger partial charge on any atom is 0.251 e. The first-order valence-corrected chi connectivity index (χ1v) is 6.59. The summed E-state index contributed by atoms with van der Waals surface area (Å²) >= 11 is 3.38. The van der Waals surface area contributed by atoms with Gasteiger partial charge in [-0.1, -0.05) is 15.9 Å². The van der Waals surface area contributed by atoms with Crippen LogP contribution in [0.1, 0.15) is 29.8 Å². The number of hydrogen-bond acceptors (Lipinski definition) is 2. The first-order chi connectivity index (χ1) is 8.45. The number of rotatable bonds is 4. The van der Waals surface area contributed by atoms with Crippen molar-refractivity contribution in [1.29, 1.82) is 0 Å².